The predicted octanol–water partition coefficient (Wildman–Crippen LogP) is 1.91. The summed E-state index contributed by atoms with van der Waals surface area (Å²) < 4.78 is 5.54. The molecule has 0 aromatic carbocycles. The Morgan fingerprint density at radius 3 is 2.86 bits per heavy atom. The van der Waals surface area contributed by atoms with Gasteiger partial charge in [-0.25, -0.2) is 0 Å². The molecule has 0 spiro atoms. The Hall–Kier alpha value is -0.570. The molecule has 0 amide bonds. The van der Waals surface area contributed by atoms with E-state index in [0.29, 0.717) is 5.92 Å². The van der Waals surface area contributed by atoms with Gasteiger partial charge in [0.15, 0.2) is 0 Å². The lowest BCUT2D eigenvalue weighted by Gasteiger charge is -2.47. The van der Waals surface area contributed by atoms with Gasteiger partial charge in [0.05, 0.1) is 13.0 Å². The summed E-state index contributed by atoms with van der Waals surface area (Å²) >= 11 is 0. The van der Waals surface area contributed by atoms with Gasteiger partial charge in [0.25, 0.3) is 0 Å². The number of rotatable bonds is 2. The van der Waals surface area contributed by atoms with Crippen molar-refractivity contribution in [2.75, 3.05) is 13.2 Å². The van der Waals surface area contributed by atoms with Crippen molar-refractivity contribution in [3.05, 3.63) is 0 Å². The van der Waals surface area contributed by atoms with E-state index in [-0.39, 0.29) is 17.3 Å². The zero-order valence-corrected chi connectivity index (χ0v) is 8.88. The van der Waals surface area contributed by atoms with Crippen molar-refractivity contribution in [3.8, 4) is 0 Å². The van der Waals surface area contributed by atoms with E-state index in [0.717, 1.165) is 26.1 Å². The maximum atomic E-state index is 10.9. The molecule has 3 atom stereocenters. The highest BCUT2D eigenvalue weighted by molar-refractivity contribution is 5.68. The highest BCUT2D eigenvalue weighted by atomic mass is 16.5. The monoisotopic (exact) mass is 198 g/mol. The van der Waals surface area contributed by atoms with Crippen LogP contribution in [0.1, 0.15) is 33.1 Å². The van der Waals surface area contributed by atoms with E-state index in [2.05, 4.69) is 13.8 Å². The molecule has 1 saturated heterocycles. The van der Waals surface area contributed by atoms with E-state index in [1.54, 1.807) is 0 Å². The summed E-state index contributed by atoms with van der Waals surface area (Å²) in [6, 6.07) is 0. The van der Waals surface area contributed by atoms with Crippen molar-refractivity contribution in [2.24, 2.45) is 16.7 Å². The van der Waals surface area contributed by atoms with Crippen molar-refractivity contribution in [3.63, 3.8) is 0 Å². The van der Waals surface area contributed by atoms with Crippen molar-refractivity contribution in [2.45, 2.75) is 33.1 Å². The van der Waals surface area contributed by atoms with Gasteiger partial charge in [-0.15, -0.1) is 0 Å². The minimum Gasteiger partial charge on any atom is -0.481 e. The predicted molar refractivity (Wildman–Crippen MR) is 52.0 cm³/mol. The molecule has 2 fully saturated rings. The first kappa shape index (κ1) is 9.97. The maximum absolute atomic E-state index is 10.9. The maximum Gasteiger partial charge on any atom is 0.303 e. The lowest BCUT2D eigenvalue weighted by atomic mass is 9.62. The third-order valence-corrected chi connectivity index (χ3v) is 4.58. The first-order valence-corrected chi connectivity index (χ1v) is 5.27. The van der Waals surface area contributed by atoms with Crippen LogP contribution in [0.4, 0.5) is 0 Å². The fourth-order valence-corrected chi connectivity index (χ4v) is 3.19. The number of fused-ring (bicyclic) bond motifs is 2. The molecule has 1 unspecified atom stereocenters. The standard InChI is InChI=1S/C11H18O3/c1-10-4-3-8(6-14-7-10)11(10,2)5-9(12)13/h8H,3-7H2,1-2H3,(H,12,13)/t8?,10-,11+/m0/s1. The van der Waals surface area contributed by atoms with Gasteiger partial charge in [-0.3, -0.25) is 4.79 Å². The van der Waals surface area contributed by atoms with Gasteiger partial charge in [0.2, 0.25) is 0 Å². The van der Waals surface area contributed by atoms with Crippen LogP contribution in [0, 0.1) is 16.7 Å². The Labute approximate surface area is 84.4 Å². The van der Waals surface area contributed by atoms with Crippen LogP contribution in [-0.2, 0) is 9.53 Å². The molecule has 1 aliphatic carbocycles. The van der Waals surface area contributed by atoms with E-state index >= 15 is 0 Å². The second-order valence-corrected chi connectivity index (χ2v) is 5.30. The van der Waals surface area contributed by atoms with Crippen LogP contribution in [-0.4, -0.2) is 24.3 Å². The lowest BCUT2D eigenvalue weighted by Crippen LogP contribution is -2.47. The summed E-state index contributed by atoms with van der Waals surface area (Å²) in [5.74, 6) is -0.232. The SMILES string of the molecule is C[C@]12CCC(COC1)[C@@]2(C)CC(=O)O. The molecule has 2 aliphatic rings. The van der Waals surface area contributed by atoms with Gasteiger partial charge in [-0.1, -0.05) is 13.8 Å². The highest BCUT2D eigenvalue weighted by Gasteiger charge is 2.57. The quantitative estimate of drug-likeness (QED) is 0.737. The minimum atomic E-state index is -0.674. The number of carboxylic acids is 1. The summed E-state index contributed by atoms with van der Waals surface area (Å²) in [4.78, 5) is 10.9. The lowest BCUT2D eigenvalue weighted by molar-refractivity contribution is -0.150. The van der Waals surface area contributed by atoms with Crippen molar-refractivity contribution >= 4 is 5.97 Å². The highest BCUT2D eigenvalue weighted by Crippen LogP contribution is 2.60. The first-order valence-electron chi connectivity index (χ1n) is 5.27. The van der Waals surface area contributed by atoms with Crippen molar-refractivity contribution < 1.29 is 14.6 Å². The average molecular weight is 198 g/mol. The second kappa shape index (κ2) is 2.96. The zero-order chi connectivity index (χ0) is 10.4. The Bertz CT molecular complexity index is 259. The van der Waals surface area contributed by atoms with Gasteiger partial charge < -0.3 is 9.84 Å². The van der Waals surface area contributed by atoms with Crippen LogP contribution in [0.5, 0.6) is 0 Å². The molecule has 0 radical (unpaired) electrons. The summed E-state index contributed by atoms with van der Waals surface area (Å²) in [6.07, 6.45) is 2.53. The zero-order valence-electron chi connectivity index (χ0n) is 8.88. The van der Waals surface area contributed by atoms with Crippen molar-refractivity contribution in [1.29, 1.82) is 0 Å². The second-order valence-electron chi connectivity index (χ2n) is 5.30. The molecular formula is C11H18O3. The van der Waals surface area contributed by atoms with Crippen molar-refractivity contribution in [1.82, 2.24) is 0 Å². The summed E-state index contributed by atoms with van der Waals surface area (Å²) in [5.41, 5.74) is 0.0192. The average Bonchev–Trinajstić information content (AvgIpc) is 2.26. The number of carbonyl (C=O) groups is 1. The van der Waals surface area contributed by atoms with Gasteiger partial charge in [-0.2, -0.15) is 0 Å². The molecule has 3 nitrogen and oxygen atoms in total. The number of ether oxygens (including phenoxy) is 1. The van der Waals surface area contributed by atoms with Crippen LogP contribution in [0.3, 0.4) is 0 Å². The largest absolute Gasteiger partial charge is 0.481 e. The van der Waals surface area contributed by atoms with E-state index in [4.69, 9.17) is 9.84 Å². The molecule has 2 bridgehead atoms. The van der Waals surface area contributed by atoms with Crippen LogP contribution in [0.2, 0.25) is 0 Å². The number of hydrogen-bond donors (Lipinski definition) is 1. The van der Waals surface area contributed by atoms with E-state index < -0.39 is 5.97 Å². The number of aliphatic carboxylic acids is 1. The first-order chi connectivity index (χ1) is 6.48. The molecule has 1 heterocycles. The van der Waals surface area contributed by atoms with Crippen LogP contribution >= 0.6 is 0 Å². The summed E-state index contributed by atoms with van der Waals surface area (Å²) in [6.45, 7) is 5.78. The van der Waals surface area contributed by atoms with Gasteiger partial charge in [-0.05, 0) is 29.6 Å². The Morgan fingerprint density at radius 2 is 2.29 bits per heavy atom. The third kappa shape index (κ3) is 1.18. The molecule has 2 rings (SSSR count). The van der Waals surface area contributed by atoms with Gasteiger partial charge in [0.1, 0.15) is 0 Å². The topological polar surface area (TPSA) is 46.5 Å². The molecule has 0 aromatic rings. The molecule has 14 heavy (non-hydrogen) atoms. The van der Waals surface area contributed by atoms with E-state index in [1.807, 2.05) is 0 Å². The molecule has 3 heteroatoms. The normalized spacial score (nSPS) is 46.6. The smallest absolute Gasteiger partial charge is 0.303 e. The van der Waals surface area contributed by atoms with Crippen LogP contribution in [0.25, 0.3) is 0 Å². The molecule has 80 valence electrons. The number of hydrogen-bond acceptors (Lipinski definition) is 2. The Kier molecular flexibility index (Phi) is 2.11. The fourth-order valence-electron chi connectivity index (χ4n) is 3.19. The van der Waals surface area contributed by atoms with E-state index in [1.165, 1.54) is 0 Å². The summed E-state index contributed by atoms with van der Waals surface area (Å²) in [7, 11) is 0. The van der Waals surface area contributed by atoms with Gasteiger partial charge >= 0.3 is 5.97 Å². The molecule has 0 aromatic heterocycles. The van der Waals surface area contributed by atoms with Crippen LogP contribution in [0.15, 0.2) is 0 Å². The Balaban J connectivity index is 2.28. The van der Waals surface area contributed by atoms with E-state index in [9.17, 15) is 4.79 Å². The molecule has 1 aliphatic heterocycles. The van der Waals surface area contributed by atoms with Gasteiger partial charge in [0, 0.05) is 6.61 Å². The number of carboxylic acid groups (broad SMARTS) is 1. The fraction of sp³-hybridized carbons (Fsp3) is 0.909. The third-order valence-electron chi connectivity index (χ3n) is 4.58. The van der Waals surface area contributed by atoms with Crippen LogP contribution < -0.4 is 0 Å². The molecular weight excluding hydrogens is 180 g/mol. The summed E-state index contributed by atoms with van der Waals surface area (Å²) in [5, 5.41) is 8.97. The Morgan fingerprint density at radius 1 is 1.57 bits per heavy atom. The minimum absolute atomic E-state index is 0.0584. The molecule has 1 N–H and O–H groups in total. The molecule has 1 saturated carbocycles.